The first-order chi connectivity index (χ1) is 10.7. The highest BCUT2D eigenvalue weighted by molar-refractivity contribution is 7.10. The number of methoxy groups -OCH3 is 1. The van der Waals surface area contributed by atoms with E-state index in [-0.39, 0.29) is 24.3 Å². The van der Waals surface area contributed by atoms with E-state index in [9.17, 15) is 9.59 Å². The molecule has 1 heterocycles. The van der Waals surface area contributed by atoms with Crippen LogP contribution in [-0.4, -0.2) is 19.0 Å². The average molecular weight is 317 g/mol. The summed E-state index contributed by atoms with van der Waals surface area (Å²) in [6, 6.07) is 13.4. The van der Waals surface area contributed by atoms with Crippen LogP contribution in [-0.2, 0) is 20.7 Å². The number of carbonyl (C=O) groups excluding carboxylic acids is 2. The molecule has 0 fully saturated rings. The highest BCUT2D eigenvalue weighted by Gasteiger charge is 2.19. The second-order valence-corrected chi connectivity index (χ2v) is 5.88. The van der Waals surface area contributed by atoms with E-state index in [4.69, 9.17) is 4.74 Å². The SMILES string of the molecule is COC(=O)C[C@H](NC(=O)CCc1ccccc1)c1cccs1. The second-order valence-electron chi connectivity index (χ2n) is 4.90. The van der Waals surface area contributed by atoms with E-state index >= 15 is 0 Å². The molecule has 0 spiro atoms. The minimum atomic E-state index is -0.332. The quantitative estimate of drug-likeness (QED) is 0.798. The largest absolute Gasteiger partial charge is 0.469 e. The molecule has 0 aliphatic rings. The van der Waals surface area contributed by atoms with E-state index in [0.29, 0.717) is 12.8 Å². The third-order valence-corrected chi connectivity index (χ3v) is 4.29. The van der Waals surface area contributed by atoms with Gasteiger partial charge in [-0.3, -0.25) is 9.59 Å². The lowest BCUT2D eigenvalue weighted by Gasteiger charge is -2.16. The minimum absolute atomic E-state index is 0.0637. The zero-order chi connectivity index (χ0) is 15.8. The number of hydrogen-bond acceptors (Lipinski definition) is 4. The third-order valence-electron chi connectivity index (χ3n) is 3.30. The van der Waals surface area contributed by atoms with Crippen molar-refractivity contribution in [3.05, 3.63) is 58.3 Å². The molecule has 5 heteroatoms. The maximum atomic E-state index is 12.1. The Bertz CT molecular complexity index is 596. The van der Waals surface area contributed by atoms with Crippen LogP contribution in [0.25, 0.3) is 0 Å². The van der Waals surface area contributed by atoms with Gasteiger partial charge in [-0.25, -0.2) is 0 Å². The molecule has 1 aromatic heterocycles. The van der Waals surface area contributed by atoms with E-state index in [0.717, 1.165) is 10.4 Å². The van der Waals surface area contributed by atoms with Gasteiger partial charge < -0.3 is 10.1 Å². The zero-order valence-electron chi connectivity index (χ0n) is 12.5. The molecular weight excluding hydrogens is 298 g/mol. The van der Waals surface area contributed by atoms with Crippen LogP contribution in [0.3, 0.4) is 0 Å². The Balaban J connectivity index is 1.92. The molecule has 4 nitrogen and oxygen atoms in total. The number of thiophene rings is 1. The van der Waals surface area contributed by atoms with Crippen LogP contribution in [0.1, 0.15) is 29.3 Å². The van der Waals surface area contributed by atoms with Gasteiger partial charge in [0.1, 0.15) is 0 Å². The summed E-state index contributed by atoms with van der Waals surface area (Å²) in [5.41, 5.74) is 1.12. The maximum Gasteiger partial charge on any atom is 0.307 e. The van der Waals surface area contributed by atoms with Gasteiger partial charge in [-0.2, -0.15) is 0 Å². The fraction of sp³-hybridized carbons (Fsp3) is 0.294. The van der Waals surface area contributed by atoms with Crippen molar-refractivity contribution in [2.24, 2.45) is 0 Å². The Morgan fingerprint density at radius 3 is 2.59 bits per heavy atom. The van der Waals surface area contributed by atoms with Gasteiger partial charge in [-0.15, -0.1) is 11.3 Å². The van der Waals surface area contributed by atoms with Crippen LogP contribution < -0.4 is 5.32 Å². The molecule has 1 amide bonds. The van der Waals surface area contributed by atoms with Gasteiger partial charge in [0.2, 0.25) is 5.91 Å². The molecular formula is C17H19NO3S. The lowest BCUT2D eigenvalue weighted by molar-refractivity contribution is -0.141. The first-order valence-electron chi connectivity index (χ1n) is 7.12. The van der Waals surface area contributed by atoms with Crippen molar-refractivity contribution >= 4 is 23.2 Å². The number of carbonyl (C=O) groups is 2. The summed E-state index contributed by atoms with van der Waals surface area (Å²) in [5, 5.41) is 4.85. The molecule has 2 aromatic rings. The third kappa shape index (κ3) is 5.00. The Kier molecular flexibility index (Phi) is 6.15. The molecule has 0 unspecified atom stereocenters. The molecule has 1 atom stereocenters. The number of nitrogens with one attached hydrogen (secondary N) is 1. The Morgan fingerprint density at radius 2 is 1.95 bits per heavy atom. The van der Waals surface area contributed by atoms with E-state index in [1.165, 1.54) is 18.4 Å². The van der Waals surface area contributed by atoms with Gasteiger partial charge in [0.05, 0.1) is 19.6 Å². The number of amides is 1. The molecule has 1 N–H and O–H groups in total. The Hall–Kier alpha value is -2.14. The first kappa shape index (κ1) is 16.2. The normalized spacial score (nSPS) is 11.7. The fourth-order valence-corrected chi connectivity index (χ4v) is 2.91. The van der Waals surface area contributed by atoms with Crippen LogP contribution in [0, 0.1) is 0 Å². The molecule has 1 aromatic carbocycles. The van der Waals surface area contributed by atoms with E-state index < -0.39 is 0 Å². The Morgan fingerprint density at radius 1 is 1.18 bits per heavy atom. The van der Waals surface area contributed by atoms with Crippen molar-refractivity contribution in [2.75, 3.05) is 7.11 Å². The van der Waals surface area contributed by atoms with Crippen molar-refractivity contribution in [1.29, 1.82) is 0 Å². The van der Waals surface area contributed by atoms with Crippen LogP contribution in [0.2, 0.25) is 0 Å². The van der Waals surface area contributed by atoms with Gasteiger partial charge in [0, 0.05) is 11.3 Å². The van der Waals surface area contributed by atoms with Gasteiger partial charge in [-0.1, -0.05) is 36.4 Å². The number of hydrogen-bond donors (Lipinski definition) is 1. The predicted molar refractivity (Wildman–Crippen MR) is 86.6 cm³/mol. The van der Waals surface area contributed by atoms with Crippen molar-refractivity contribution in [3.63, 3.8) is 0 Å². The molecule has 0 saturated carbocycles. The summed E-state index contributed by atoms with van der Waals surface area (Å²) in [5.74, 6) is -0.395. The smallest absolute Gasteiger partial charge is 0.307 e. The molecule has 0 bridgehead atoms. The van der Waals surface area contributed by atoms with Crippen molar-refractivity contribution in [3.8, 4) is 0 Å². The van der Waals surface area contributed by atoms with Crippen LogP contribution in [0.15, 0.2) is 47.8 Å². The van der Waals surface area contributed by atoms with E-state index in [2.05, 4.69) is 5.32 Å². The summed E-state index contributed by atoms with van der Waals surface area (Å²) in [7, 11) is 1.35. The number of ether oxygens (including phenoxy) is 1. The van der Waals surface area contributed by atoms with Crippen molar-refractivity contribution < 1.29 is 14.3 Å². The summed E-state index contributed by atoms with van der Waals surface area (Å²) in [6.07, 6.45) is 1.23. The van der Waals surface area contributed by atoms with Crippen LogP contribution in [0.4, 0.5) is 0 Å². The molecule has 0 aliphatic heterocycles. The molecule has 22 heavy (non-hydrogen) atoms. The summed E-state index contributed by atoms with van der Waals surface area (Å²) >= 11 is 1.52. The van der Waals surface area contributed by atoms with Crippen LogP contribution >= 0.6 is 11.3 Å². The fourth-order valence-electron chi connectivity index (χ4n) is 2.13. The first-order valence-corrected chi connectivity index (χ1v) is 8.00. The van der Waals surface area contributed by atoms with E-state index in [1.54, 1.807) is 0 Å². The second kappa shape index (κ2) is 8.34. The van der Waals surface area contributed by atoms with Gasteiger partial charge in [-0.05, 0) is 23.4 Å². The Labute approximate surface area is 134 Å². The lowest BCUT2D eigenvalue weighted by atomic mass is 10.1. The van der Waals surface area contributed by atoms with Crippen molar-refractivity contribution in [2.45, 2.75) is 25.3 Å². The monoisotopic (exact) mass is 317 g/mol. The molecule has 0 radical (unpaired) electrons. The summed E-state index contributed by atoms with van der Waals surface area (Å²) < 4.78 is 4.70. The predicted octanol–water partition coefficient (Wildman–Crippen LogP) is 3.10. The highest BCUT2D eigenvalue weighted by atomic mass is 32.1. The van der Waals surface area contributed by atoms with Crippen molar-refractivity contribution in [1.82, 2.24) is 5.32 Å². The maximum absolute atomic E-state index is 12.1. The topological polar surface area (TPSA) is 55.4 Å². The van der Waals surface area contributed by atoms with Gasteiger partial charge in [0.15, 0.2) is 0 Å². The number of rotatable bonds is 7. The van der Waals surface area contributed by atoms with E-state index in [1.807, 2.05) is 47.8 Å². The van der Waals surface area contributed by atoms with Gasteiger partial charge in [0.25, 0.3) is 0 Å². The molecule has 116 valence electrons. The molecule has 0 aliphatic carbocycles. The standard InChI is InChI=1S/C17H19NO3S/c1-21-17(20)12-14(15-8-5-11-22-15)18-16(19)10-9-13-6-3-2-4-7-13/h2-8,11,14H,9-10,12H2,1H3,(H,18,19)/t14-/m0/s1. The number of aryl methyl sites for hydroxylation is 1. The molecule has 2 rings (SSSR count). The number of esters is 1. The zero-order valence-corrected chi connectivity index (χ0v) is 13.3. The average Bonchev–Trinajstić information content (AvgIpc) is 3.07. The van der Waals surface area contributed by atoms with Gasteiger partial charge >= 0.3 is 5.97 Å². The summed E-state index contributed by atoms with van der Waals surface area (Å²) in [4.78, 5) is 24.6. The molecule has 0 saturated heterocycles. The number of benzene rings is 1. The highest BCUT2D eigenvalue weighted by Crippen LogP contribution is 2.22. The lowest BCUT2D eigenvalue weighted by Crippen LogP contribution is -2.30. The summed E-state index contributed by atoms with van der Waals surface area (Å²) in [6.45, 7) is 0. The minimum Gasteiger partial charge on any atom is -0.469 e. The van der Waals surface area contributed by atoms with Crippen LogP contribution in [0.5, 0.6) is 0 Å².